The number of aromatic amines is 1. The number of rotatable bonds is 6. The monoisotopic (exact) mass is 488 g/mol. The van der Waals surface area contributed by atoms with Crippen molar-refractivity contribution in [1.82, 2.24) is 9.78 Å². The second kappa shape index (κ2) is 12.1. The Morgan fingerprint density at radius 2 is 1.43 bits per heavy atom. The molecule has 0 spiro atoms. The zero-order valence-electron chi connectivity index (χ0n) is 18.8. The summed E-state index contributed by atoms with van der Waals surface area (Å²) < 4.78 is 1.03. The number of aromatic nitrogens is 2. The molecule has 12 heteroatoms. The van der Waals surface area contributed by atoms with Gasteiger partial charge < -0.3 is 19.8 Å². The number of anilines is 1. The van der Waals surface area contributed by atoms with Crippen molar-refractivity contribution >= 4 is 35.3 Å². The number of para-hydroxylation sites is 2. The average Bonchev–Trinajstić information content (AvgIpc) is 3.32. The molecule has 10 nitrogen and oxygen atoms in total. The predicted octanol–water partition coefficient (Wildman–Crippen LogP) is -6.37. The summed E-state index contributed by atoms with van der Waals surface area (Å²) in [4.78, 5) is 48.5. The third kappa shape index (κ3) is 5.81. The fourth-order valence-corrected chi connectivity index (χ4v) is 3.22. The number of amides is 1. The Morgan fingerprint density at radius 1 is 0.857 bits per heavy atom. The summed E-state index contributed by atoms with van der Waals surface area (Å²) in [5.41, 5.74) is -1.52. The van der Waals surface area contributed by atoms with Crippen LogP contribution in [-0.4, -0.2) is 33.3 Å². The number of aliphatic carboxylic acids is 1. The van der Waals surface area contributed by atoms with E-state index in [1.807, 2.05) is 0 Å². The molecule has 0 saturated heterocycles. The molecular formula is C23H14N4Na2O6. The molecule has 0 saturated carbocycles. The molecule has 1 aliphatic rings. The minimum absolute atomic E-state index is 0. The van der Waals surface area contributed by atoms with Crippen LogP contribution in [0.15, 0.2) is 88.3 Å². The van der Waals surface area contributed by atoms with Gasteiger partial charge in [0.2, 0.25) is 0 Å². The molecule has 1 aromatic heterocycles. The molecular weight excluding hydrogens is 474 g/mol. The Balaban J connectivity index is 0.00000216. The molecule has 164 valence electrons. The minimum Gasteiger partial charge on any atom is -0.543 e. The Bertz CT molecular complexity index is 1410. The van der Waals surface area contributed by atoms with Crippen LogP contribution in [0.5, 0.6) is 0 Å². The molecule has 0 unspecified atom stereocenters. The van der Waals surface area contributed by atoms with Crippen molar-refractivity contribution in [3.05, 3.63) is 100.0 Å². The van der Waals surface area contributed by atoms with E-state index in [0.29, 0.717) is 11.4 Å². The summed E-state index contributed by atoms with van der Waals surface area (Å²) in [7, 11) is 0. The molecule has 2 aromatic carbocycles. The van der Waals surface area contributed by atoms with Crippen molar-refractivity contribution in [3.63, 3.8) is 0 Å². The van der Waals surface area contributed by atoms with Gasteiger partial charge in [0, 0.05) is 0 Å². The maximum atomic E-state index is 12.8. The van der Waals surface area contributed by atoms with Gasteiger partial charge in [-0.15, -0.1) is 0 Å². The van der Waals surface area contributed by atoms with E-state index < -0.39 is 34.8 Å². The number of nitrogens with one attached hydrogen (secondary N) is 1. The van der Waals surface area contributed by atoms with Crippen molar-refractivity contribution in [1.29, 1.82) is 0 Å². The quantitative estimate of drug-likeness (QED) is 0.269. The Kier molecular flexibility index (Phi) is 9.78. The summed E-state index contributed by atoms with van der Waals surface area (Å²) in [6.07, 6.45) is 3.45. The first-order valence-electron chi connectivity index (χ1n) is 9.58. The van der Waals surface area contributed by atoms with E-state index in [2.05, 4.69) is 10.2 Å². The Morgan fingerprint density at radius 3 is 1.97 bits per heavy atom. The number of benzene rings is 2. The van der Waals surface area contributed by atoms with Gasteiger partial charge in [-0.1, -0.05) is 42.5 Å². The summed E-state index contributed by atoms with van der Waals surface area (Å²) in [6.45, 7) is 0. The number of hydrogen-bond acceptors (Lipinski definition) is 7. The second-order valence-electron chi connectivity index (χ2n) is 6.79. The van der Waals surface area contributed by atoms with Crippen LogP contribution in [0.25, 0.3) is 11.8 Å². The van der Waals surface area contributed by atoms with Gasteiger partial charge in [0.15, 0.2) is 0 Å². The zero-order valence-corrected chi connectivity index (χ0v) is 22.8. The molecule has 0 radical (unpaired) electrons. The number of carbonyl (C=O) groups is 3. The first kappa shape index (κ1) is 28.2. The second-order valence-corrected chi connectivity index (χ2v) is 6.79. The van der Waals surface area contributed by atoms with E-state index in [-0.39, 0.29) is 70.3 Å². The molecule has 2 heterocycles. The maximum Gasteiger partial charge on any atom is 1.00 e. The van der Waals surface area contributed by atoms with Crippen LogP contribution in [0, 0.1) is 0 Å². The molecule has 0 bridgehead atoms. The van der Waals surface area contributed by atoms with E-state index >= 15 is 0 Å². The molecule has 4 rings (SSSR count). The largest absolute Gasteiger partial charge is 1.00 e. The summed E-state index contributed by atoms with van der Waals surface area (Å²) in [6, 6.07) is 16.5. The van der Waals surface area contributed by atoms with E-state index in [1.165, 1.54) is 6.08 Å². The fraction of sp³-hybridized carbons (Fsp3) is 0. The molecule has 35 heavy (non-hydrogen) atoms. The van der Waals surface area contributed by atoms with Crippen molar-refractivity contribution in [2.75, 3.05) is 5.01 Å². The van der Waals surface area contributed by atoms with E-state index in [0.717, 1.165) is 21.8 Å². The number of hydrazone groups is 1. The predicted molar refractivity (Wildman–Crippen MR) is 114 cm³/mol. The van der Waals surface area contributed by atoms with Crippen LogP contribution < -0.4 is 79.9 Å². The van der Waals surface area contributed by atoms with Crippen molar-refractivity contribution in [2.24, 2.45) is 5.10 Å². The van der Waals surface area contributed by atoms with Gasteiger partial charge in [-0.3, -0.25) is 14.7 Å². The normalized spacial score (nSPS) is 13.9. The zero-order chi connectivity index (χ0) is 23.5. The fourth-order valence-electron chi connectivity index (χ4n) is 3.22. The molecule has 1 amide bonds. The van der Waals surface area contributed by atoms with Gasteiger partial charge >= 0.3 is 59.1 Å². The van der Waals surface area contributed by atoms with Crippen LogP contribution in [-0.2, 0) is 9.59 Å². The van der Waals surface area contributed by atoms with Crippen molar-refractivity contribution < 1.29 is 83.7 Å². The van der Waals surface area contributed by atoms with Crippen LogP contribution in [0.3, 0.4) is 0 Å². The number of hydrogen-bond donors (Lipinski definition) is 1. The van der Waals surface area contributed by atoms with E-state index in [9.17, 15) is 29.4 Å². The number of carbonyl (C=O) groups excluding carboxylic acids is 3. The van der Waals surface area contributed by atoms with Crippen LogP contribution in [0.4, 0.5) is 5.69 Å². The molecule has 3 aromatic rings. The van der Waals surface area contributed by atoms with Crippen LogP contribution in [0.2, 0.25) is 0 Å². The van der Waals surface area contributed by atoms with Crippen molar-refractivity contribution in [3.8, 4) is 5.69 Å². The maximum absolute atomic E-state index is 12.8. The van der Waals surface area contributed by atoms with Crippen LogP contribution >= 0.6 is 0 Å². The van der Waals surface area contributed by atoms with Gasteiger partial charge in [0.05, 0.1) is 40.1 Å². The third-order valence-corrected chi connectivity index (χ3v) is 4.74. The van der Waals surface area contributed by atoms with E-state index in [4.69, 9.17) is 0 Å². The summed E-state index contributed by atoms with van der Waals surface area (Å²) in [5.74, 6) is -4.00. The Labute approximate surface area is 242 Å². The smallest absolute Gasteiger partial charge is 0.543 e. The van der Waals surface area contributed by atoms with Gasteiger partial charge in [0.25, 0.3) is 11.5 Å². The van der Waals surface area contributed by atoms with E-state index in [1.54, 1.807) is 60.7 Å². The van der Waals surface area contributed by atoms with Crippen molar-refractivity contribution in [2.45, 2.75) is 0 Å². The molecule has 0 aliphatic carbocycles. The summed E-state index contributed by atoms with van der Waals surface area (Å²) in [5, 5.41) is 30.2. The third-order valence-electron chi connectivity index (χ3n) is 4.74. The van der Waals surface area contributed by atoms with Crippen LogP contribution in [0.1, 0.15) is 16.1 Å². The Hall–Kier alpha value is -2.99. The molecule has 1 N–H and O–H groups in total. The SMILES string of the molecule is O=C([O-])C1=NN(c2ccccc2)C(=O)/C1=C\C=Cc1c(C(=O)[O-])[nH]n(-c2ccccc2)c1=O.[Na+].[Na+]. The van der Waals surface area contributed by atoms with Gasteiger partial charge in [-0.25, -0.2) is 4.68 Å². The number of carboxylic acid groups (broad SMARTS) is 2. The number of carboxylic acids is 2. The van der Waals surface area contributed by atoms with Gasteiger partial charge in [-0.05, 0) is 36.4 Å². The number of nitrogens with zero attached hydrogens (tertiary/aromatic N) is 3. The minimum atomic E-state index is -1.66. The standard InChI is InChI=1S/C23H16N4O6.2Na/c28-20-16(18(22(30)31)24-26(20)14-8-3-1-4-9-14)12-7-13-17-19(23(32)33)25-27(21(17)29)15-10-5-2-6-11-15;;/h1-13,24H,(H,30,31)(H,32,33);;/q;2*+1/p-2/b12-7?,17-13-;;. The molecule has 1 aliphatic heterocycles. The molecule has 0 atom stereocenters. The number of H-pyrrole nitrogens is 1. The first-order valence-corrected chi connectivity index (χ1v) is 9.58. The number of aromatic carboxylic acids is 1. The average molecular weight is 488 g/mol. The van der Waals surface area contributed by atoms with Gasteiger partial charge in [-0.2, -0.15) is 10.1 Å². The topological polar surface area (TPSA) is 151 Å². The number of allylic oxidation sites excluding steroid dienone is 2. The molecule has 0 fully saturated rings. The first-order chi connectivity index (χ1) is 15.9. The van der Waals surface area contributed by atoms with Gasteiger partial charge in [0.1, 0.15) is 5.71 Å². The summed E-state index contributed by atoms with van der Waals surface area (Å²) >= 11 is 0.